The van der Waals surface area contributed by atoms with Crippen LogP contribution in [0.2, 0.25) is 0 Å². The maximum absolute atomic E-state index is 11.8. The van der Waals surface area contributed by atoms with Crippen molar-refractivity contribution in [3.63, 3.8) is 0 Å². The quantitative estimate of drug-likeness (QED) is 0.545. The molecular formula is C13H9N3O4S. The summed E-state index contributed by atoms with van der Waals surface area (Å²) < 4.78 is 6.15. The van der Waals surface area contributed by atoms with Gasteiger partial charge in [-0.2, -0.15) is 4.68 Å². The van der Waals surface area contributed by atoms with Gasteiger partial charge >= 0.3 is 5.76 Å². The highest BCUT2D eigenvalue weighted by molar-refractivity contribution is 7.13. The third-order valence-electron chi connectivity index (χ3n) is 2.85. The number of nitro groups is 1. The Kier molecular flexibility index (Phi) is 3.36. The number of hydrogen-bond acceptors (Lipinski definition) is 6. The van der Waals surface area contributed by atoms with Gasteiger partial charge in [-0.25, -0.2) is 4.79 Å². The Hall–Kier alpha value is -2.74. The summed E-state index contributed by atoms with van der Waals surface area (Å²) in [6, 6.07) is 9.83. The van der Waals surface area contributed by atoms with Crippen LogP contribution in [0.1, 0.15) is 5.56 Å². The second kappa shape index (κ2) is 5.33. The van der Waals surface area contributed by atoms with E-state index in [0.717, 1.165) is 9.56 Å². The molecule has 0 saturated carbocycles. The van der Waals surface area contributed by atoms with E-state index < -0.39 is 10.7 Å². The minimum Gasteiger partial charge on any atom is -0.387 e. The molecule has 21 heavy (non-hydrogen) atoms. The van der Waals surface area contributed by atoms with E-state index in [4.69, 9.17) is 4.42 Å². The lowest BCUT2D eigenvalue weighted by Crippen LogP contribution is -2.17. The predicted molar refractivity (Wildman–Crippen MR) is 76.3 cm³/mol. The molecule has 0 bridgehead atoms. The van der Waals surface area contributed by atoms with Crippen LogP contribution >= 0.6 is 11.3 Å². The van der Waals surface area contributed by atoms with Crippen LogP contribution in [0.15, 0.2) is 51.0 Å². The number of nitro benzene ring substituents is 1. The van der Waals surface area contributed by atoms with Crippen LogP contribution in [0.5, 0.6) is 0 Å². The molecule has 2 aromatic heterocycles. The molecule has 2 heterocycles. The minimum atomic E-state index is -0.642. The molecule has 7 nitrogen and oxygen atoms in total. The number of hydrogen-bond donors (Lipinski definition) is 0. The van der Waals surface area contributed by atoms with Gasteiger partial charge in [0.25, 0.3) is 11.6 Å². The summed E-state index contributed by atoms with van der Waals surface area (Å²) in [4.78, 5) is 23.0. The average molecular weight is 303 g/mol. The van der Waals surface area contributed by atoms with E-state index in [2.05, 4.69) is 5.10 Å². The molecule has 0 N–H and O–H groups in total. The van der Waals surface area contributed by atoms with Crippen molar-refractivity contribution in [2.45, 2.75) is 6.54 Å². The number of para-hydroxylation sites is 1. The average Bonchev–Trinajstić information content (AvgIpc) is 3.10. The normalized spacial score (nSPS) is 10.7. The maximum atomic E-state index is 11.8. The van der Waals surface area contributed by atoms with E-state index in [0.29, 0.717) is 5.56 Å². The van der Waals surface area contributed by atoms with Crippen molar-refractivity contribution < 1.29 is 9.34 Å². The zero-order valence-electron chi connectivity index (χ0n) is 10.6. The number of thiophene rings is 1. The molecule has 106 valence electrons. The molecule has 0 aliphatic heterocycles. The number of aromatic nitrogens is 2. The molecule has 0 spiro atoms. The summed E-state index contributed by atoms with van der Waals surface area (Å²) in [5.41, 5.74) is 0.348. The van der Waals surface area contributed by atoms with E-state index in [-0.39, 0.29) is 18.1 Å². The van der Waals surface area contributed by atoms with Gasteiger partial charge < -0.3 is 4.42 Å². The third-order valence-corrected chi connectivity index (χ3v) is 3.70. The van der Waals surface area contributed by atoms with Gasteiger partial charge in [0.15, 0.2) is 0 Å². The lowest BCUT2D eigenvalue weighted by Gasteiger charge is -2.00. The fraction of sp³-hybridized carbons (Fsp3) is 0.0769. The van der Waals surface area contributed by atoms with Crippen LogP contribution in [0.4, 0.5) is 5.69 Å². The maximum Gasteiger partial charge on any atom is 0.437 e. The Labute approximate surface area is 122 Å². The van der Waals surface area contributed by atoms with Crippen molar-refractivity contribution in [2.75, 3.05) is 0 Å². The first kappa shape index (κ1) is 13.3. The van der Waals surface area contributed by atoms with Gasteiger partial charge in [0.05, 0.1) is 21.9 Å². The van der Waals surface area contributed by atoms with E-state index in [1.165, 1.54) is 17.4 Å². The molecule has 0 saturated heterocycles. The Morgan fingerprint density at radius 2 is 2.10 bits per heavy atom. The molecule has 0 fully saturated rings. The summed E-state index contributed by atoms with van der Waals surface area (Å²) in [6.45, 7) is -0.00907. The van der Waals surface area contributed by atoms with Crippen molar-refractivity contribution >= 4 is 17.0 Å². The van der Waals surface area contributed by atoms with Crippen LogP contribution in [0, 0.1) is 10.1 Å². The number of rotatable bonds is 4. The van der Waals surface area contributed by atoms with Gasteiger partial charge in [-0.1, -0.05) is 24.3 Å². The Bertz CT molecular complexity index is 835. The number of nitrogens with zero attached hydrogens (tertiary/aromatic N) is 3. The van der Waals surface area contributed by atoms with Crippen molar-refractivity contribution in [1.29, 1.82) is 0 Å². The highest BCUT2D eigenvalue weighted by Crippen LogP contribution is 2.22. The fourth-order valence-electron chi connectivity index (χ4n) is 1.89. The molecule has 3 aromatic rings. The van der Waals surface area contributed by atoms with Gasteiger partial charge in [0.2, 0.25) is 0 Å². The SMILES string of the molecule is O=c1oc(-c2cccs2)nn1Cc1ccccc1[N+](=O)[O-]. The molecule has 1 aromatic carbocycles. The first-order valence-electron chi connectivity index (χ1n) is 5.99. The van der Waals surface area contributed by atoms with Crippen LogP contribution < -0.4 is 5.76 Å². The largest absolute Gasteiger partial charge is 0.437 e. The molecule has 0 radical (unpaired) electrons. The fourth-order valence-corrected chi connectivity index (χ4v) is 2.53. The number of benzene rings is 1. The van der Waals surface area contributed by atoms with Crippen molar-refractivity contribution in [3.05, 3.63) is 68.0 Å². The van der Waals surface area contributed by atoms with Crippen molar-refractivity contribution in [2.24, 2.45) is 0 Å². The lowest BCUT2D eigenvalue weighted by atomic mass is 10.2. The molecule has 0 unspecified atom stereocenters. The van der Waals surface area contributed by atoms with E-state index >= 15 is 0 Å². The van der Waals surface area contributed by atoms with Crippen molar-refractivity contribution in [3.8, 4) is 10.8 Å². The molecular weight excluding hydrogens is 294 g/mol. The molecule has 0 aliphatic carbocycles. The third kappa shape index (κ3) is 2.61. The van der Waals surface area contributed by atoms with E-state index in [9.17, 15) is 14.9 Å². The molecule has 8 heteroatoms. The van der Waals surface area contributed by atoms with Gasteiger partial charge in [-0.3, -0.25) is 10.1 Å². The highest BCUT2D eigenvalue weighted by atomic mass is 32.1. The first-order chi connectivity index (χ1) is 10.1. The van der Waals surface area contributed by atoms with Gasteiger partial charge in [0, 0.05) is 6.07 Å². The first-order valence-corrected chi connectivity index (χ1v) is 6.87. The molecule has 0 amide bonds. The van der Waals surface area contributed by atoms with E-state index in [1.807, 2.05) is 11.4 Å². The Morgan fingerprint density at radius 3 is 2.81 bits per heavy atom. The van der Waals surface area contributed by atoms with Gasteiger partial charge in [0.1, 0.15) is 0 Å². The summed E-state index contributed by atoms with van der Waals surface area (Å²) >= 11 is 1.40. The smallest absolute Gasteiger partial charge is 0.387 e. The van der Waals surface area contributed by atoms with Gasteiger partial charge in [-0.15, -0.1) is 16.4 Å². The Balaban J connectivity index is 1.96. The summed E-state index contributed by atoms with van der Waals surface area (Å²) in [5, 5.41) is 16.9. The van der Waals surface area contributed by atoms with Gasteiger partial charge in [-0.05, 0) is 11.4 Å². The monoisotopic (exact) mass is 303 g/mol. The second-order valence-corrected chi connectivity index (χ2v) is 5.14. The summed E-state index contributed by atoms with van der Waals surface area (Å²) in [5.74, 6) is -0.426. The topological polar surface area (TPSA) is 91.2 Å². The van der Waals surface area contributed by atoms with Crippen LogP contribution in [0.25, 0.3) is 10.8 Å². The summed E-state index contributed by atoms with van der Waals surface area (Å²) in [6.07, 6.45) is 0. The zero-order chi connectivity index (χ0) is 14.8. The highest BCUT2D eigenvalue weighted by Gasteiger charge is 2.16. The van der Waals surface area contributed by atoms with Crippen LogP contribution in [-0.2, 0) is 6.54 Å². The molecule has 0 atom stereocenters. The summed E-state index contributed by atoms with van der Waals surface area (Å²) in [7, 11) is 0. The molecule has 0 aliphatic rings. The zero-order valence-corrected chi connectivity index (χ0v) is 11.4. The lowest BCUT2D eigenvalue weighted by molar-refractivity contribution is -0.385. The second-order valence-electron chi connectivity index (χ2n) is 4.19. The van der Waals surface area contributed by atoms with Crippen molar-refractivity contribution in [1.82, 2.24) is 9.78 Å². The Morgan fingerprint density at radius 1 is 1.29 bits per heavy atom. The predicted octanol–water partition coefficient (Wildman–Crippen LogP) is 2.52. The standard InChI is InChI=1S/C13H9N3O4S/c17-13-15(14-12(20-13)11-6-3-7-21-11)8-9-4-1-2-5-10(9)16(18)19/h1-7H,8H2. The van der Waals surface area contributed by atoms with Crippen LogP contribution in [0.3, 0.4) is 0 Å². The van der Waals surface area contributed by atoms with Crippen LogP contribution in [-0.4, -0.2) is 14.7 Å². The van der Waals surface area contributed by atoms with E-state index in [1.54, 1.807) is 24.3 Å². The minimum absolute atomic E-state index is 0.00907. The molecule has 3 rings (SSSR count).